The maximum atomic E-state index is 12.2. The fraction of sp³-hybridized carbons (Fsp3) is 0.0667. The molecule has 1 aromatic heterocycles. The molecular weight excluding hydrogens is 355 g/mol. The number of pyridine rings is 1. The lowest BCUT2D eigenvalue weighted by atomic mass is 10.1. The van der Waals surface area contributed by atoms with E-state index in [0.717, 1.165) is 0 Å². The molecule has 9 heteroatoms. The second-order valence-corrected chi connectivity index (χ2v) is 5.45. The molecule has 0 fully saturated rings. The summed E-state index contributed by atoms with van der Waals surface area (Å²) < 4.78 is 0. The van der Waals surface area contributed by atoms with Gasteiger partial charge >= 0.3 is 0 Å². The van der Waals surface area contributed by atoms with Crippen LogP contribution in [0.4, 0.5) is 5.69 Å². The zero-order chi connectivity index (χ0) is 17.7. The summed E-state index contributed by atoms with van der Waals surface area (Å²) in [6.45, 7) is -0.273. The third-order valence-electron chi connectivity index (χ3n) is 2.86. The summed E-state index contributed by atoms with van der Waals surface area (Å²) in [7, 11) is 0. The summed E-state index contributed by atoms with van der Waals surface area (Å²) in [5, 5.41) is 5.22. The van der Waals surface area contributed by atoms with Crippen LogP contribution in [0.25, 0.3) is 0 Å². The van der Waals surface area contributed by atoms with E-state index < -0.39 is 17.7 Å². The first-order valence-corrected chi connectivity index (χ1v) is 7.41. The average Bonchev–Trinajstić information content (AvgIpc) is 2.55. The quantitative estimate of drug-likeness (QED) is 0.700. The van der Waals surface area contributed by atoms with Gasteiger partial charge in [-0.05, 0) is 24.3 Å². The molecule has 0 saturated carbocycles. The molecule has 0 aliphatic heterocycles. The predicted molar refractivity (Wildman–Crippen MR) is 90.2 cm³/mol. The highest BCUT2D eigenvalue weighted by Gasteiger charge is 2.11. The minimum atomic E-state index is -0.653. The van der Waals surface area contributed by atoms with Crippen LogP contribution in [0.5, 0.6) is 0 Å². The van der Waals surface area contributed by atoms with E-state index in [9.17, 15) is 14.4 Å². The first-order valence-electron chi connectivity index (χ1n) is 6.66. The van der Waals surface area contributed by atoms with E-state index in [1.807, 2.05) is 0 Å². The lowest BCUT2D eigenvalue weighted by molar-refractivity contribution is -0.117. The minimum Gasteiger partial charge on any atom is -0.368 e. The number of benzene rings is 1. The van der Waals surface area contributed by atoms with Gasteiger partial charge in [0.2, 0.25) is 5.91 Å². The van der Waals surface area contributed by atoms with Crippen LogP contribution in [0.3, 0.4) is 0 Å². The van der Waals surface area contributed by atoms with Gasteiger partial charge in [0.25, 0.3) is 11.8 Å². The van der Waals surface area contributed by atoms with Gasteiger partial charge in [-0.2, -0.15) is 0 Å². The van der Waals surface area contributed by atoms with E-state index in [1.165, 1.54) is 24.4 Å². The number of rotatable bonds is 5. The van der Waals surface area contributed by atoms with Crippen LogP contribution in [0.15, 0.2) is 36.5 Å². The number of carbonyl (C=O) groups is 3. The molecule has 0 spiro atoms. The molecule has 0 radical (unpaired) electrons. The second kappa shape index (κ2) is 7.76. The van der Waals surface area contributed by atoms with Gasteiger partial charge in [0.05, 0.1) is 17.1 Å². The van der Waals surface area contributed by atoms with Crippen LogP contribution in [-0.2, 0) is 4.79 Å². The van der Waals surface area contributed by atoms with E-state index in [1.54, 1.807) is 12.1 Å². The minimum absolute atomic E-state index is 0.0985. The number of amides is 3. The molecule has 0 saturated heterocycles. The number of nitrogens with one attached hydrogen (secondary N) is 2. The molecule has 0 atom stereocenters. The van der Waals surface area contributed by atoms with Crippen molar-refractivity contribution >= 4 is 46.6 Å². The number of hydrogen-bond donors (Lipinski definition) is 3. The molecule has 1 aromatic carbocycles. The Morgan fingerprint density at radius 1 is 1.08 bits per heavy atom. The molecule has 2 aromatic rings. The van der Waals surface area contributed by atoms with Crippen molar-refractivity contribution in [1.29, 1.82) is 0 Å². The number of nitrogens with zero attached hydrogens (tertiary/aromatic N) is 1. The van der Waals surface area contributed by atoms with Gasteiger partial charge in [-0.1, -0.05) is 29.3 Å². The average molecular weight is 367 g/mol. The zero-order valence-corrected chi connectivity index (χ0v) is 13.7. The van der Waals surface area contributed by atoms with E-state index in [-0.39, 0.29) is 27.8 Å². The standard InChI is InChI=1S/C15H12Cl2N4O3/c16-11-5-9(6-19-13(11)17)15(24)21-10-3-1-2-8(4-10)14(23)20-7-12(18)22/h1-6H,7H2,(H2,18,22)(H,20,23)(H,21,24). The molecular formula is C15H12Cl2N4O3. The van der Waals surface area contributed by atoms with Gasteiger partial charge in [0.15, 0.2) is 0 Å². The van der Waals surface area contributed by atoms with E-state index >= 15 is 0 Å². The normalized spacial score (nSPS) is 10.1. The Hall–Kier alpha value is -2.64. The smallest absolute Gasteiger partial charge is 0.257 e. The summed E-state index contributed by atoms with van der Waals surface area (Å²) >= 11 is 11.5. The summed E-state index contributed by atoms with van der Waals surface area (Å²) in [5.41, 5.74) is 5.83. The third-order valence-corrected chi connectivity index (χ3v) is 3.55. The molecule has 124 valence electrons. The Balaban J connectivity index is 2.11. The molecule has 0 aliphatic rings. The number of anilines is 1. The molecule has 4 N–H and O–H groups in total. The maximum Gasteiger partial charge on any atom is 0.257 e. The summed E-state index contributed by atoms with van der Waals surface area (Å²) in [6, 6.07) is 7.57. The SMILES string of the molecule is NC(=O)CNC(=O)c1cccc(NC(=O)c2cnc(Cl)c(Cl)c2)c1. The lowest BCUT2D eigenvalue weighted by Gasteiger charge is -2.08. The van der Waals surface area contributed by atoms with Crippen LogP contribution in [0.1, 0.15) is 20.7 Å². The molecule has 3 amide bonds. The van der Waals surface area contributed by atoms with E-state index in [4.69, 9.17) is 28.9 Å². The highest BCUT2D eigenvalue weighted by Crippen LogP contribution is 2.20. The molecule has 0 unspecified atom stereocenters. The fourth-order valence-corrected chi connectivity index (χ4v) is 2.03. The Bertz CT molecular complexity index is 811. The molecule has 2 rings (SSSR count). The van der Waals surface area contributed by atoms with Crippen molar-refractivity contribution in [3.8, 4) is 0 Å². The topological polar surface area (TPSA) is 114 Å². The van der Waals surface area contributed by atoms with Crippen LogP contribution < -0.4 is 16.4 Å². The number of hydrogen-bond acceptors (Lipinski definition) is 4. The van der Waals surface area contributed by atoms with Gasteiger partial charge in [0, 0.05) is 17.4 Å². The molecule has 24 heavy (non-hydrogen) atoms. The first-order chi connectivity index (χ1) is 11.4. The second-order valence-electron chi connectivity index (χ2n) is 4.68. The van der Waals surface area contributed by atoms with Gasteiger partial charge in [-0.15, -0.1) is 0 Å². The highest BCUT2D eigenvalue weighted by molar-refractivity contribution is 6.41. The van der Waals surface area contributed by atoms with Crippen molar-refractivity contribution in [1.82, 2.24) is 10.3 Å². The summed E-state index contributed by atoms with van der Waals surface area (Å²) in [4.78, 5) is 38.5. The predicted octanol–water partition coefficient (Wildman–Crippen LogP) is 1.86. The summed E-state index contributed by atoms with van der Waals surface area (Å²) in [5.74, 6) is -1.60. The van der Waals surface area contributed by atoms with E-state index in [0.29, 0.717) is 5.69 Å². The fourth-order valence-electron chi connectivity index (χ4n) is 1.76. The van der Waals surface area contributed by atoms with E-state index in [2.05, 4.69) is 15.6 Å². The van der Waals surface area contributed by atoms with Crippen LogP contribution in [0.2, 0.25) is 10.2 Å². The number of aromatic nitrogens is 1. The molecule has 0 aliphatic carbocycles. The van der Waals surface area contributed by atoms with Crippen molar-refractivity contribution in [3.63, 3.8) is 0 Å². The largest absolute Gasteiger partial charge is 0.368 e. The Kier molecular flexibility index (Phi) is 5.73. The Morgan fingerprint density at radius 3 is 2.50 bits per heavy atom. The molecule has 0 bridgehead atoms. The van der Waals surface area contributed by atoms with Crippen molar-refractivity contribution in [2.24, 2.45) is 5.73 Å². The van der Waals surface area contributed by atoms with Gasteiger partial charge in [0.1, 0.15) is 5.15 Å². The van der Waals surface area contributed by atoms with Gasteiger partial charge < -0.3 is 16.4 Å². The Morgan fingerprint density at radius 2 is 1.83 bits per heavy atom. The van der Waals surface area contributed by atoms with Gasteiger partial charge in [-0.3, -0.25) is 14.4 Å². The van der Waals surface area contributed by atoms with Crippen molar-refractivity contribution in [2.45, 2.75) is 0 Å². The molecule has 7 nitrogen and oxygen atoms in total. The van der Waals surface area contributed by atoms with Crippen LogP contribution in [-0.4, -0.2) is 29.3 Å². The molecule has 1 heterocycles. The first kappa shape index (κ1) is 17.7. The maximum absolute atomic E-state index is 12.2. The summed E-state index contributed by atoms with van der Waals surface area (Å²) in [6.07, 6.45) is 1.28. The van der Waals surface area contributed by atoms with Crippen molar-refractivity contribution in [2.75, 3.05) is 11.9 Å². The van der Waals surface area contributed by atoms with Crippen molar-refractivity contribution in [3.05, 3.63) is 57.8 Å². The number of carbonyl (C=O) groups excluding carboxylic acids is 3. The highest BCUT2D eigenvalue weighted by atomic mass is 35.5. The van der Waals surface area contributed by atoms with Crippen LogP contribution >= 0.6 is 23.2 Å². The number of halogens is 2. The van der Waals surface area contributed by atoms with Crippen LogP contribution in [0, 0.1) is 0 Å². The van der Waals surface area contributed by atoms with Crippen molar-refractivity contribution < 1.29 is 14.4 Å². The number of nitrogens with two attached hydrogens (primary N) is 1. The van der Waals surface area contributed by atoms with Gasteiger partial charge in [-0.25, -0.2) is 4.98 Å². The zero-order valence-electron chi connectivity index (χ0n) is 12.2. The monoisotopic (exact) mass is 366 g/mol. The third kappa shape index (κ3) is 4.68. The lowest BCUT2D eigenvalue weighted by Crippen LogP contribution is -2.33. The number of primary amides is 1. The Labute approximate surface area is 147 Å².